The van der Waals surface area contributed by atoms with Gasteiger partial charge in [-0.1, -0.05) is 6.07 Å². The van der Waals surface area contributed by atoms with Crippen LogP contribution >= 0.6 is 0 Å². The number of hydrogen-bond donors (Lipinski definition) is 0. The van der Waals surface area contributed by atoms with Gasteiger partial charge in [-0.2, -0.15) is 0 Å². The summed E-state index contributed by atoms with van der Waals surface area (Å²) in [6, 6.07) is 4.13. The van der Waals surface area contributed by atoms with Gasteiger partial charge in [-0.15, -0.1) is 0 Å². The Balaban J connectivity index is 2.64. The molecular weight excluding hydrogens is 200 g/mol. The van der Waals surface area contributed by atoms with Crippen molar-refractivity contribution in [1.29, 1.82) is 0 Å². The number of hydrogen-bond acceptors (Lipinski definition) is 3. The number of rotatable bonds is 2. The highest BCUT2D eigenvalue weighted by molar-refractivity contribution is 5.71. The van der Waals surface area contributed by atoms with Crippen LogP contribution in [0.3, 0.4) is 0 Å². The Hall–Kier alpha value is -1.90. The highest BCUT2D eigenvalue weighted by Gasteiger charge is 2.10. The topological polar surface area (TPSA) is 35.0 Å². The summed E-state index contributed by atoms with van der Waals surface area (Å²) < 4.78 is 5.39. The average molecular weight is 214 g/mol. The van der Waals surface area contributed by atoms with Crippen LogP contribution in [0.5, 0.6) is 5.75 Å². The van der Waals surface area contributed by atoms with Crippen LogP contribution in [-0.4, -0.2) is 17.1 Å². The van der Waals surface area contributed by atoms with Crippen molar-refractivity contribution < 1.29 is 4.74 Å². The fourth-order valence-electron chi connectivity index (χ4n) is 1.85. The van der Waals surface area contributed by atoms with E-state index in [2.05, 4.69) is 29.9 Å². The molecule has 0 N–H and O–H groups in total. The number of aromatic nitrogens is 2. The first-order valence-corrected chi connectivity index (χ1v) is 5.14. The molecular formula is C13H14N2O. The van der Waals surface area contributed by atoms with Crippen LogP contribution in [0, 0.1) is 13.8 Å². The minimum absolute atomic E-state index is 0.844. The molecule has 3 heteroatoms. The number of methoxy groups -OCH3 is 1. The average Bonchev–Trinajstić information content (AvgIpc) is 2.29. The van der Waals surface area contributed by atoms with E-state index < -0.39 is 0 Å². The molecule has 1 aromatic heterocycles. The third-order valence-electron chi connectivity index (χ3n) is 2.48. The summed E-state index contributed by atoms with van der Waals surface area (Å²) in [6.07, 6.45) is 5.10. The van der Waals surface area contributed by atoms with Crippen LogP contribution in [0.15, 0.2) is 30.7 Å². The van der Waals surface area contributed by atoms with E-state index in [1.54, 1.807) is 25.7 Å². The second kappa shape index (κ2) is 4.31. The van der Waals surface area contributed by atoms with Crippen molar-refractivity contribution in [3.63, 3.8) is 0 Å². The minimum atomic E-state index is 0.844. The zero-order chi connectivity index (χ0) is 11.5. The third kappa shape index (κ3) is 1.89. The van der Waals surface area contributed by atoms with Crippen molar-refractivity contribution in [3.8, 4) is 17.0 Å². The molecule has 0 aliphatic rings. The van der Waals surface area contributed by atoms with Crippen LogP contribution in [0.4, 0.5) is 0 Å². The minimum Gasteiger partial charge on any atom is -0.496 e. The zero-order valence-corrected chi connectivity index (χ0v) is 9.69. The van der Waals surface area contributed by atoms with Crippen molar-refractivity contribution in [1.82, 2.24) is 9.97 Å². The van der Waals surface area contributed by atoms with Gasteiger partial charge in [-0.25, -0.2) is 0 Å². The molecule has 0 fully saturated rings. The lowest BCUT2D eigenvalue weighted by Gasteiger charge is -2.11. The van der Waals surface area contributed by atoms with E-state index in [4.69, 9.17) is 4.74 Å². The first kappa shape index (κ1) is 10.6. The van der Waals surface area contributed by atoms with Gasteiger partial charge in [-0.3, -0.25) is 9.97 Å². The number of aryl methyl sites for hydroxylation is 2. The van der Waals surface area contributed by atoms with E-state index in [0.717, 1.165) is 22.6 Å². The normalized spacial score (nSPS) is 10.2. The van der Waals surface area contributed by atoms with Gasteiger partial charge < -0.3 is 4.74 Å². The van der Waals surface area contributed by atoms with E-state index >= 15 is 0 Å². The standard InChI is InChI=1S/C13H14N2O/c1-9-6-10(2)13(12(7-9)16-3)11-8-14-4-5-15-11/h4-8H,1-3H3. The van der Waals surface area contributed by atoms with Crippen molar-refractivity contribution in [3.05, 3.63) is 41.9 Å². The Morgan fingerprint density at radius 3 is 2.56 bits per heavy atom. The van der Waals surface area contributed by atoms with Crippen molar-refractivity contribution in [2.24, 2.45) is 0 Å². The molecule has 0 atom stereocenters. The lowest BCUT2D eigenvalue weighted by molar-refractivity contribution is 0.415. The molecule has 16 heavy (non-hydrogen) atoms. The molecule has 0 bridgehead atoms. The van der Waals surface area contributed by atoms with Crippen molar-refractivity contribution >= 4 is 0 Å². The highest BCUT2D eigenvalue weighted by atomic mass is 16.5. The molecule has 2 rings (SSSR count). The van der Waals surface area contributed by atoms with E-state index in [9.17, 15) is 0 Å². The quantitative estimate of drug-likeness (QED) is 0.771. The summed E-state index contributed by atoms with van der Waals surface area (Å²) in [7, 11) is 1.67. The summed E-state index contributed by atoms with van der Waals surface area (Å²) in [5.74, 6) is 0.845. The van der Waals surface area contributed by atoms with E-state index in [-0.39, 0.29) is 0 Å². The summed E-state index contributed by atoms with van der Waals surface area (Å²) >= 11 is 0. The van der Waals surface area contributed by atoms with E-state index in [0.29, 0.717) is 0 Å². The van der Waals surface area contributed by atoms with Crippen LogP contribution in [0.25, 0.3) is 11.3 Å². The van der Waals surface area contributed by atoms with Gasteiger partial charge in [0.05, 0.1) is 19.0 Å². The molecule has 3 nitrogen and oxygen atoms in total. The first-order chi connectivity index (χ1) is 7.72. The summed E-state index contributed by atoms with van der Waals surface area (Å²) in [4.78, 5) is 8.39. The van der Waals surface area contributed by atoms with Gasteiger partial charge in [0.1, 0.15) is 5.75 Å². The zero-order valence-electron chi connectivity index (χ0n) is 9.69. The molecule has 82 valence electrons. The second-order valence-corrected chi connectivity index (χ2v) is 3.75. The molecule has 0 amide bonds. The van der Waals surface area contributed by atoms with Gasteiger partial charge in [0, 0.05) is 18.0 Å². The largest absolute Gasteiger partial charge is 0.496 e. The van der Waals surface area contributed by atoms with Crippen LogP contribution in [0.1, 0.15) is 11.1 Å². The van der Waals surface area contributed by atoms with Crippen molar-refractivity contribution in [2.75, 3.05) is 7.11 Å². The molecule has 0 spiro atoms. The molecule has 2 aromatic rings. The lowest BCUT2D eigenvalue weighted by atomic mass is 10.0. The lowest BCUT2D eigenvalue weighted by Crippen LogP contribution is -1.94. The van der Waals surface area contributed by atoms with Gasteiger partial charge in [0.25, 0.3) is 0 Å². The van der Waals surface area contributed by atoms with Gasteiger partial charge in [0.15, 0.2) is 0 Å². The fourth-order valence-corrected chi connectivity index (χ4v) is 1.85. The Morgan fingerprint density at radius 2 is 1.94 bits per heavy atom. The Morgan fingerprint density at radius 1 is 1.12 bits per heavy atom. The fraction of sp³-hybridized carbons (Fsp3) is 0.231. The van der Waals surface area contributed by atoms with Gasteiger partial charge in [0.2, 0.25) is 0 Å². The number of nitrogens with zero attached hydrogens (tertiary/aromatic N) is 2. The second-order valence-electron chi connectivity index (χ2n) is 3.75. The molecule has 0 radical (unpaired) electrons. The van der Waals surface area contributed by atoms with Crippen LogP contribution in [0.2, 0.25) is 0 Å². The molecule has 0 aliphatic carbocycles. The Bertz CT molecular complexity index is 495. The van der Waals surface area contributed by atoms with Crippen LogP contribution < -0.4 is 4.74 Å². The molecule has 0 saturated heterocycles. The predicted molar refractivity (Wildman–Crippen MR) is 63.5 cm³/mol. The van der Waals surface area contributed by atoms with Crippen molar-refractivity contribution in [2.45, 2.75) is 13.8 Å². The van der Waals surface area contributed by atoms with E-state index in [1.165, 1.54) is 5.56 Å². The highest BCUT2D eigenvalue weighted by Crippen LogP contribution is 2.32. The maximum absolute atomic E-state index is 5.39. The summed E-state index contributed by atoms with van der Waals surface area (Å²) in [5.41, 5.74) is 4.19. The van der Waals surface area contributed by atoms with Gasteiger partial charge in [-0.05, 0) is 31.0 Å². The maximum atomic E-state index is 5.39. The predicted octanol–water partition coefficient (Wildman–Crippen LogP) is 2.77. The molecule has 0 saturated carbocycles. The monoisotopic (exact) mass is 214 g/mol. The third-order valence-corrected chi connectivity index (χ3v) is 2.48. The molecule has 0 aliphatic heterocycles. The van der Waals surface area contributed by atoms with E-state index in [1.807, 2.05) is 6.07 Å². The molecule has 0 unspecified atom stereocenters. The smallest absolute Gasteiger partial charge is 0.128 e. The van der Waals surface area contributed by atoms with Crippen LogP contribution in [-0.2, 0) is 0 Å². The molecule has 1 heterocycles. The summed E-state index contributed by atoms with van der Waals surface area (Å²) in [5, 5.41) is 0. The summed E-state index contributed by atoms with van der Waals surface area (Å²) in [6.45, 7) is 4.11. The number of benzene rings is 1. The SMILES string of the molecule is COc1cc(C)cc(C)c1-c1cnccn1. The first-order valence-electron chi connectivity index (χ1n) is 5.14. The maximum Gasteiger partial charge on any atom is 0.128 e. The Kier molecular flexibility index (Phi) is 2.86. The Labute approximate surface area is 95.1 Å². The number of ether oxygens (including phenoxy) is 1. The van der Waals surface area contributed by atoms with Gasteiger partial charge >= 0.3 is 0 Å². The molecule has 1 aromatic carbocycles.